The quantitative estimate of drug-likeness (QED) is 0.551. The van der Waals surface area contributed by atoms with Crippen molar-refractivity contribution in [2.45, 2.75) is 13.0 Å². The van der Waals surface area contributed by atoms with E-state index < -0.39 is 5.97 Å². The number of amidine groups is 1. The zero-order valence-corrected chi connectivity index (χ0v) is 15.1. The standard InChI is InChI=1S/C20H22N4O3/c1-23(20(27)15-4-2-14(3-5-15)19(21)22)17-7-6-13-8-9-24(12-18(25)26)11-16(13)10-17/h2-7,10H,8-9,11-12H2,1H3,(H3,21,22)(H,25,26). The summed E-state index contributed by atoms with van der Waals surface area (Å²) in [5.41, 5.74) is 9.51. The number of benzene rings is 2. The van der Waals surface area contributed by atoms with Crippen LogP contribution in [-0.4, -0.2) is 47.9 Å². The van der Waals surface area contributed by atoms with Crippen molar-refractivity contribution >= 4 is 23.4 Å². The minimum atomic E-state index is -0.837. The average Bonchev–Trinajstić information content (AvgIpc) is 2.65. The van der Waals surface area contributed by atoms with Gasteiger partial charge in [-0.1, -0.05) is 18.2 Å². The fourth-order valence-electron chi connectivity index (χ4n) is 3.24. The molecule has 4 N–H and O–H groups in total. The van der Waals surface area contributed by atoms with Crippen LogP contribution in [0.3, 0.4) is 0 Å². The molecule has 7 heteroatoms. The van der Waals surface area contributed by atoms with Crippen molar-refractivity contribution in [3.05, 3.63) is 64.7 Å². The second-order valence-electron chi connectivity index (χ2n) is 6.66. The lowest BCUT2D eigenvalue weighted by atomic mass is 9.98. The minimum absolute atomic E-state index is 0.0148. The molecule has 1 amide bonds. The molecule has 0 unspecified atom stereocenters. The van der Waals surface area contributed by atoms with Crippen LogP contribution in [0.5, 0.6) is 0 Å². The maximum atomic E-state index is 12.8. The molecule has 2 aromatic rings. The number of rotatable bonds is 5. The SMILES string of the molecule is CN(C(=O)c1ccc(C(=N)N)cc1)c1ccc2c(c1)CN(CC(=O)O)CC2. The number of carbonyl (C=O) groups is 2. The lowest BCUT2D eigenvalue weighted by molar-refractivity contribution is -0.138. The fraction of sp³-hybridized carbons (Fsp3) is 0.250. The third-order valence-corrected chi connectivity index (χ3v) is 4.77. The summed E-state index contributed by atoms with van der Waals surface area (Å²) in [5.74, 6) is -1.04. The topological polar surface area (TPSA) is 111 Å². The number of carboxylic acids is 1. The molecule has 0 atom stereocenters. The van der Waals surface area contributed by atoms with Crippen molar-refractivity contribution in [2.75, 3.05) is 25.0 Å². The number of amides is 1. The molecule has 27 heavy (non-hydrogen) atoms. The Hall–Kier alpha value is -3.19. The summed E-state index contributed by atoms with van der Waals surface area (Å²) >= 11 is 0. The van der Waals surface area contributed by atoms with Gasteiger partial charge in [0.1, 0.15) is 5.84 Å². The van der Waals surface area contributed by atoms with Crippen molar-refractivity contribution in [2.24, 2.45) is 5.73 Å². The smallest absolute Gasteiger partial charge is 0.317 e. The van der Waals surface area contributed by atoms with Crippen LogP contribution in [0.4, 0.5) is 5.69 Å². The number of carboxylic acid groups (broad SMARTS) is 1. The van der Waals surface area contributed by atoms with Crippen LogP contribution < -0.4 is 10.6 Å². The van der Waals surface area contributed by atoms with Gasteiger partial charge in [0.15, 0.2) is 0 Å². The van der Waals surface area contributed by atoms with E-state index in [2.05, 4.69) is 0 Å². The van der Waals surface area contributed by atoms with Gasteiger partial charge in [-0.05, 0) is 41.8 Å². The molecule has 2 aromatic carbocycles. The van der Waals surface area contributed by atoms with E-state index in [-0.39, 0.29) is 18.3 Å². The molecule has 0 aromatic heterocycles. The molecular formula is C20H22N4O3. The van der Waals surface area contributed by atoms with Gasteiger partial charge in [-0.25, -0.2) is 0 Å². The number of nitrogens with two attached hydrogens (primary N) is 1. The first-order valence-electron chi connectivity index (χ1n) is 8.63. The van der Waals surface area contributed by atoms with Crippen LogP contribution in [0.1, 0.15) is 27.0 Å². The first-order valence-corrected chi connectivity index (χ1v) is 8.63. The van der Waals surface area contributed by atoms with Crippen LogP contribution in [0.25, 0.3) is 0 Å². The summed E-state index contributed by atoms with van der Waals surface area (Å²) in [7, 11) is 1.71. The van der Waals surface area contributed by atoms with E-state index in [0.717, 1.165) is 24.2 Å². The van der Waals surface area contributed by atoms with Gasteiger partial charge in [-0.15, -0.1) is 0 Å². The van der Waals surface area contributed by atoms with Crippen LogP contribution >= 0.6 is 0 Å². The minimum Gasteiger partial charge on any atom is -0.480 e. The largest absolute Gasteiger partial charge is 0.480 e. The number of carbonyl (C=O) groups excluding carboxylic acids is 1. The number of hydrogen-bond acceptors (Lipinski definition) is 4. The van der Waals surface area contributed by atoms with Gasteiger partial charge < -0.3 is 15.7 Å². The zero-order chi connectivity index (χ0) is 19.6. The van der Waals surface area contributed by atoms with Crippen molar-refractivity contribution in [3.63, 3.8) is 0 Å². The summed E-state index contributed by atoms with van der Waals surface area (Å²) in [6.45, 7) is 1.29. The highest BCUT2D eigenvalue weighted by Gasteiger charge is 2.20. The Morgan fingerprint density at radius 2 is 1.81 bits per heavy atom. The third-order valence-electron chi connectivity index (χ3n) is 4.77. The van der Waals surface area contributed by atoms with Gasteiger partial charge in [0, 0.05) is 37.0 Å². The Balaban J connectivity index is 1.78. The average molecular weight is 366 g/mol. The van der Waals surface area contributed by atoms with Crippen LogP contribution in [0, 0.1) is 5.41 Å². The highest BCUT2D eigenvalue weighted by atomic mass is 16.4. The molecule has 0 bridgehead atoms. The van der Waals surface area contributed by atoms with Gasteiger partial charge in [0.2, 0.25) is 0 Å². The van der Waals surface area contributed by atoms with Crippen LogP contribution in [0.2, 0.25) is 0 Å². The summed E-state index contributed by atoms with van der Waals surface area (Å²) in [4.78, 5) is 27.2. The monoisotopic (exact) mass is 366 g/mol. The van der Waals surface area contributed by atoms with Gasteiger partial charge in [0.25, 0.3) is 5.91 Å². The lowest BCUT2D eigenvalue weighted by Crippen LogP contribution is -2.35. The molecule has 0 aliphatic carbocycles. The van der Waals surface area contributed by atoms with E-state index >= 15 is 0 Å². The molecule has 0 saturated carbocycles. The van der Waals surface area contributed by atoms with Crippen LogP contribution in [0.15, 0.2) is 42.5 Å². The number of hydrogen-bond donors (Lipinski definition) is 3. The van der Waals surface area contributed by atoms with E-state index in [9.17, 15) is 9.59 Å². The molecule has 0 saturated heterocycles. The molecule has 140 valence electrons. The maximum absolute atomic E-state index is 12.8. The molecular weight excluding hydrogens is 344 g/mol. The molecule has 0 spiro atoms. The van der Waals surface area contributed by atoms with E-state index in [1.165, 1.54) is 5.56 Å². The summed E-state index contributed by atoms with van der Waals surface area (Å²) in [6, 6.07) is 12.5. The van der Waals surface area contributed by atoms with Crippen molar-refractivity contribution < 1.29 is 14.7 Å². The fourth-order valence-corrected chi connectivity index (χ4v) is 3.24. The molecule has 0 radical (unpaired) electrons. The number of fused-ring (bicyclic) bond motifs is 1. The van der Waals surface area contributed by atoms with Gasteiger partial charge in [-0.2, -0.15) is 0 Å². The summed E-state index contributed by atoms with van der Waals surface area (Å²) in [6.07, 6.45) is 0.799. The zero-order valence-electron chi connectivity index (χ0n) is 15.1. The first kappa shape index (κ1) is 18.6. The number of anilines is 1. The lowest BCUT2D eigenvalue weighted by Gasteiger charge is -2.28. The van der Waals surface area contributed by atoms with E-state index in [0.29, 0.717) is 17.7 Å². The van der Waals surface area contributed by atoms with Crippen LogP contribution in [-0.2, 0) is 17.8 Å². The summed E-state index contributed by atoms with van der Waals surface area (Å²) < 4.78 is 0. The Labute approximate surface area is 157 Å². The number of nitrogens with zero attached hydrogens (tertiary/aromatic N) is 2. The highest BCUT2D eigenvalue weighted by Crippen LogP contribution is 2.25. The third kappa shape index (κ3) is 4.15. The second kappa shape index (κ2) is 7.59. The number of aliphatic carboxylic acids is 1. The predicted molar refractivity (Wildman–Crippen MR) is 103 cm³/mol. The highest BCUT2D eigenvalue weighted by molar-refractivity contribution is 6.06. The Morgan fingerprint density at radius 1 is 1.15 bits per heavy atom. The van der Waals surface area contributed by atoms with Gasteiger partial charge >= 0.3 is 5.97 Å². The number of nitrogens with one attached hydrogen (secondary N) is 1. The van der Waals surface area contributed by atoms with Gasteiger partial charge in [0.05, 0.1) is 6.54 Å². The van der Waals surface area contributed by atoms with E-state index in [1.807, 2.05) is 23.1 Å². The molecule has 3 rings (SSSR count). The molecule has 0 fully saturated rings. The van der Waals surface area contributed by atoms with E-state index in [4.69, 9.17) is 16.2 Å². The normalized spacial score (nSPS) is 13.7. The van der Waals surface area contributed by atoms with E-state index in [1.54, 1.807) is 36.2 Å². The van der Waals surface area contributed by atoms with Crippen molar-refractivity contribution in [1.29, 1.82) is 5.41 Å². The predicted octanol–water partition coefficient (Wildman–Crippen LogP) is 1.69. The Bertz CT molecular complexity index is 893. The maximum Gasteiger partial charge on any atom is 0.317 e. The van der Waals surface area contributed by atoms with Crippen molar-refractivity contribution in [3.8, 4) is 0 Å². The second-order valence-corrected chi connectivity index (χ2v) is 6.66. The Kier molecular flexibility index (Phi) is 5.23. The number of nitrogen functional groups attached to an aromatic ring is 1. The molecule has 1 aliphatic heterocycles. The van der Waals surface area contributed by atoms with Gasteiger partial charge in [-0.3, -0.25) is 19.9 Å². The Morgan fingerprint density at radius 3 is 2.44 bits per heavy atom. The first-order chi connectivity index (χ1) is 12.8. The summed E-state index contributed by atoms with van der Waals surface area (Å²) in [5, 5.41) is 16.4. The molecule has 7 nitrogen and oxygen atoms in total. The molecule has 1 heterocycles. The molecule has 1 aliphatic rings. The van der Waals surface area contributed by atoms with Crippen molar-refractivity contribution in [1.82, 2.24) is 4.90 Å².